The van der Waals surface area contributed by atoms with Gasteiger partial charge in [-0.1, -0.05) is 0 Å². The van der Waals surface area contributed by atoms with Crippen molar-refractivity contribution >= 4 is 17.2 Å². The average molecular weight is 289 g/mol. The lowest BCUT2D eigenvalue weighted by molar-refractivity contribution is 0.0587. The number of aromatic nitrogens is 2. The fraction of sp³-hybridized carbons (Fsp3) is 0.357. The molecule has 104 valence electrons. The molecule has 3 heterocycles. The lowest BCUT2D eigenvalue weighted by Gasteiger charge is -2.31. The monoisotopic (exact) mass is 289 g/mol. The summed E-state index contributed by atoms with van der Waals surface area (Å²) in [5.41, 5.74) is 0.781. The maximum atomic E-state index is 12.2. The van der Waals surface area contributed by atoms with E-state index in [4.69, 9.17) is 4.74 Å². The van der Waals surface area contributed by atoms with Crippen LogP contribution in [0, 0.1) is 0 Å². The highest BCUT2D eigenvalue weighted by Crippen LogP contribution is 2.18. The number of carbonyl (C=O) groups is 1. The summed E-state index contributed by atoms with van der Waals surface area (Å²) in [5.74, 6) is 0.666. The number of amides is 1. The molecule has 20 heavy (non-hydrogen) atoms. The van der Waals surface area contributed by atoms with Crippen LogP contribution in [0.15, 0.2) is 35.4 Å². The third-order valence-electron chi connectivity index (χ3n) is 3.32. The molecule has 6 heteroatoms. The molecule has 0 bridgehead atoms. The van der Waals surface area contributed by atoms with Crippen LogP contribution in [0.5, 0.6) is 5.88 Å². The van der Waals surface area contributed by atoms with Gasteiger partial charge in [-0.2, -0.15) is 11.3 Å². The molecule has 0 aliphatic carbocycles. The van der Waals surface area contributed by atoms with Crippen molar-refractivity contribution in [2.24, 2.45) is 0 Å². The molecule has 0 N–H and O–H groups in total. The standard InChI is InChI=1S/C14H15N3O2S/c18-14(11-3-8-20-10-11)17-6-1-12(2-7-17)19-13-9-15-4-5-16-13/h3-5,8-10,12H,1-2,6-7H2. The van der Waals surface area contributed by atoms with Gasteiger partial charge in [0.15, 0.2) is 0 Å². The fourth-order valence-corrected chi connectivity index (χ4v) is 2.89. The number of carbonyl (C=O) groups excluding carboxylic acids is 1. The van der Waals surface area contributed by atoms with E-state index in [1.165, 1.54) is 0 Å². The van der Waals surface area contributed by atoms with Crippen LogP contribution in [0.25, 0.3) is 0 Å². The Morgan fingerprint density at radius 1 is 1.35 bits per heavy atom. The number of rotatable bonds is 3. The fourth-order valence-electron chi connectivity index (χ4n) is 2.26. The molecular formula is C14H15N3O2S. The van der Waals surface area contributed by atoms with Crippen LogP contribution in [0.2, 0.25) is 0 Å². The minimum absolute atomic E-state index is 0.109. The molecule has 0 unspecified atom stereocenters. The Kier molecular flexibility index (Phi) is 3.92. The summed E-state index contributed by atoms with van der Waals surface area (Å²) < 4.78 is 5.76. The zero-order valence-corrected chi connectivity index (χ0v) is 11.8. The van der Waals surface area contributed by atoms with Crippen molar-refractivity contribution in [1.29, 1.82) is 0 Å². The molecule has 0 radical (unpaired) electrons. The third-order valence-corrected chi connectivity index (χ3v) is 4.01. The van der Waals surface area contributed by atoms with Gasteiger partial charge in [0.05, 0.1) is 11.8 Å². The van der Waals surface area contributed by atoms with E-state index in [1.807, 2.05) is 21.7 Å². The Hall–Kier alpha value is -1.95. The van der Waals surface area contributed by atoms with Gasteiger partial charge in [0.2, 0.25) is 5.88 Å². The normalized spacial score (nSPS) is 16.1. The van der Waals surface area contributed by atoms with E-state index < -0.39 is 0 Å². The van der Waals surface area contributed by atoms with Gasteiger partial charge in [0.1, 0.15) is 6.10 Å². The van der Waals surface area contributed by atoms with E-state index >= 15 is 0 Å². The Balaban J connectivity index is 1.53. The average Bonchev–Trinajstić information content (AvgIpc) is 3.03. The minimum Gasteiger partial charge on any atom is -0.473 e. The summed E-state index contributed by atoms with van der Waals surface area (Å²) in [4.78, 5) is 22.2. The van der Waals surface area contributed by atoms with E-state index in [0.29, 0.717) is 5.88 Å². The maximum absolute atomic E-state index is 12.2. The second kappa shape index (κ2) is 6.00. The molecule has 1 aliphatic rings. The minimum atomic E-state index is 0.109. The zero-order chi connectivity index (χ0) is 13.8. The summed E-state index contributed by atoms with van der Waals surface area (Å²) in [6.45, 7) is 1.44. The predicted molar refractivity (Wildman–Crippen MR) is 75.9 cm³/mol. The Morgan fingerprint density at radius 3 is 2.85 bits per heavy atom. The molecule has 5 nitrogen and oxygen atoms in total. The smallest absolute Gasteiger partial charge is 0.254 e. The predicted octanol–water partition coefficient (Wildman–Crippen LogP) is 2.22. The van der Waals surface area contributed by atoms with Crippen molar-refractivity contribution in [2.75, 3.05) is 13.1 Å². The SMILES string of the molecule is O=C(c1ccsc1)N1CCC(Oc2cnccn2)CC1. The first-order valence-corrected chi connectivity index (χ1v) is 7.51. The van der Waals surface area contributed by atoms with Crippen LogP contribution in [-0.4, -0.2) is 40.0 Å². The van der Waals surface area contributed by atoms with Crippen LogP contribution >= 0.6 is 11.3 Å². The van der Waals surface area contributed by atoms with Gasteiger partial charge in [-0.05, 0) is 11.4 Å². The molecule has 1 saturated heterocycles. The van der Waals surface area contributed by atoms with Crippen molar-refractivity contribution in [2.45, 2.75) is 18.9 Å². The number of likely N-dealkylation sites (tertiary alicyclic amines) is 1. The number of hydrogen-bond donors (Lipinski definition) is 0. The summed E-state index contributed by atoms with van der Waals surface area (Å²) in [5, 5.41) is 3.82. The number of ether oxygens (including phenoxy) is 1. The number of nitrogens with zero attached hydrogens (tertiary/aromatic N) is 3. The van der Waals surface area contributed by atoms with E-state index in [0.717, 1.165) is 31.5 Å². The van der Waals surface area contributed by atoms with Crippen molar-refractivity contribution in [3.63, 3.8) is 0 Å². The molecule has 2 aromatic rings. The van der Waals surface area contributed by atoms with Gasteiger partial charge in [0.25, 0.3) is 5.91 Å². The molecule has 0 saturated carbocycles. The number of hydrogen-bond acceptors (Lipinski definition) is 5. The second-order valence-corrected chi connectivity index (χ2v) is 5.45. The molecule has 0 aromatic carbocycles. The number of piperidine rings is 1. The van der Waals surface area contributed by atoms with Crippen LogP contribution < -0.4 is 4.74 Å². The number of thiophene rings is 1. The first kappa shape index (κ1) is 13.1. The molecule has 1 fully saturated rings. The van der Waals surface area contributed by atoms with E-state index in [1.54, 1.807) is 29.9 Å². The van der Waals surface area contributed by atoms with Crippen molar-refractivity contribution in [1.82, 2.24) is 14.9 Å². The molecule has 1 aliphatic heterocycles. The molecule has 0 spiro atoms. The lowest BCUT2D eigenvalue weighted by Crippen LogP contribution is -2.41. The maximum Gasteiger partial charge on any atom is 0.254 e. The quantitative estimate of drug-likeness (QED) is 0.869. The highest BCUT2D eigenvalue weighted by Gasteiger charge is 2.25. The van der Waals surface area contributed by atoms with Crippen LogP contribution in [0.4, 0.5) is 0 Å². The van der Waals surface area contributed by atoms with Crippen LogP contribution in [0.3, 0.4) is 0 Å². The van der Waals surface area contributed by atoms with Crippen LogP contribution in [0.1, 0.15) is 23.2 Å². The highest BCUT2D eigenvalue weighted by molar-refractivity contribution is 7.08. The summed E-state index contributed by atoms with van der Waals surface area (Å²) in [6.07, 6.45) is 6.61. The summed E-state index contributed by atoms with van der Waals surface area (Å²) in [7, 11) is 0. The highest BCUT2D eigenvalue weighted by atomic mass is 32.1. The summed E-state index contributed by atoms with van der Waals surface area (Å²) in [6, 6.07) is 1.87. The molecule has 2 aromatic heterocycles. The molecule has 3 rings (SSSR count). The topological polar surface area (TPSA) is 55.3 Å². The van der Waals surface area contributed by atoms with Crippen molar-refractivity contribution in [3.8, 4) is 5.88 Å². The van der Waals surface area contributed by atoms with E-state index in [-0.39, 0.29) is 12.0 Å². The van der Waals surface area contributed by atoms with Gasteiger partial charge in [0, 0.05) is 43.7 Å². The van der Waals surface area contributed by atoms with Gasteiger partial charge < -0.3 is 9.64 Å². The Labute approximate surface area is 121 Å². The first-order chi connectivity index (χ1) is 9.83. The van der Waals surface area contributed by atoms with Crippen molar-refractivity contribution in [3.05, 3.63) is 41.0 Å². The van der Waals surface area contributed by atoms with Crippen LogP contribution in [-0.2, 0) is 0 Å². The van der Waals surface area contributed by atoms with E-state index in [2.05, 4.69) is 9.97 Å². The summed E-state index contributed by atoms with van der Waals surface area (Å²) >= 11 is 1.55. The molecule has 1 amide bonds. The third kappa shape index (κ3) is 2.96. The Morgan fingerprint density at radius 2 is 2.20 bits per heavy atom. The second-order valence-electron chi connectivity index (χ2n) is 4.67. The zero-order valence-electron chi connectivity index (χ0n) is 10.9. The van der Waals surface area contributed by atoms with E-state index in [9.17, 15) is 4.79 Å². The largest absolute Gasteiger partial charge is 0.473 e. The van der Waals surface area contributed by atoms with Crippen molar-refractivity contribution < 1.29 is 9.53 Å². The Bertz CT molecular complexity index is 551. The van der Waals surface area contributed by atoms with Gasteiger partial charge in [-0.25, -0.2) is 4.98 Å². The first-order valence-electron chi connectivity index (χ1n) is 6.57. The van der Waals surface area contributed by atoms with Gasteiger partial charge in [-0.3, -0.25) is 9.78 Å². The molecule has 0 atom stereocenters. The van der Waals surface area contributed by atoms with Gasteiger partial charge >= 0.3 is 0 Å². The van der Waals surface area contributed by atoms with Gasteiger partial charge in [-0.15, -0.1) is 0 Å². The lowest BCUT2D eigenvalue weighted by atomic mass is 10.1. The molecular weight excluding hydrogens is 274 g/mol.